The molecule has 0 amide bonds. The molecule has 0 saturated carbocycles. The Labute approximate surface area is 194 Å². The molecule has 0 bridgehead atoms. The van der Waals surface area contributed by atoms with E-state index in [2.05, 4.69) is 0 Å². The lowest BCUT2D eigenvalue weighted by Gasteiger charge is -2.24. The molecule has 0 saturated heterocycles. The Kier molecular flexibility index (Phi) is 9.84. The molecule has 0 aliphatic carbocycles. The second-order valence-electron chi connectivity index (χ2n) is 7.77. The van der Waals surface area contributed by atoms with Crippen LogP contribution in [0.1, 0.15) is 44.2 Å². The molecule has 0 aliphatic heterocycles. The number of carbonyl (C=O) groups is 2. The standard InChI is InChI=1S/C25H32O8/c1-16(26)32-22(11-7-18-5-9-20(28)13-24(18)30-3)15-23(33-17(2)27)12-8-19-6-10-21(29)14-25(19)31-4/h5-6,9-10,13-14,22-23,28-29H,7-8,11-12,15H2,1-4H3. The first-order chi connectivity index (χ1) is 15.7. The number of ether oxygens (including phenoxy) is 4. The lowest BCUT2D eigenvalue weighted by Crippen LogP contribution is -2.27. The van der Waals surface area contributed by atoms with Crippen LogP contribution in [-0.4, -0.2) is 48.6 Å². The second kappa shape index (κ2) is 12.6. The summed E-state index contributed by atoms with van der Waals surface area (Å²) in [4.78, 5) is 23.4. The van der Waals surface area contributed by atoms with Crippen LogP contribution in [0.15, 0.2) is 36.4 Å². The van der Waals surface area contributed by atoms with E-state index in [0.29, 0.717) is 43.6 Å². The van der Waals surface area contributed by atoms with Crippen molar-refractivity contribution in [1.82, 2.24) is 0 Å². The molecule has 2 rings (SSSR count). The molecule has 0 heterocycles. The number of methoxy groups -OCH3 is 2. The quantitative estimate of drug-likeness (QED) is 0.458. The van der Waals surface area contributed by atoms with Gasteiger partial charge in [-0.1, -0.05) is 12.1 Å². The topological polar surface area (TPSA) is 112 Å². The summed E-state index contributed by atoms with van der Waals surface area (Å²) < 4.78 is 21.7. The summed E-state index contributed by atoms with van der Waals surface area (Å²) in [7, 11) is 3.05. The van der Waals surface area contributed by atoms with E-state index in [1.807, 2.05) is 0 Å². The molecule has 2 N–H and O–H groups in total. The van der Waals surface area contributed by atoms with Gasteiger partial charge in [0, 0.05) is 32.4 Å². The van der Waals surface area contributed by atoms with Crippen LogP contribution in [0.2, 0.25) is 0 Å². The van der Waals surface area contributed by atoms with Crippen LogP contribution in [0.5, 0.6) is 23.0 Å². The Morgan fingerprint density at radius 3 is 1.48 bits per heavy atom. The monoisotopic (exact) mass is 460 g/mol. The number of phenolic OH excluding ortho intramolecular Hbond substituents is 2. The number of rotatable bonds is 12. The van der Waals surface area contributed by atoms with Gasteiger partial charge in [-0.3, -0.25) is 9.59 Å². The normalized spacial score (nSPS) is 12.5. The molecule has 2 atom stereocenters. The molecule has 2 unspecified atom stereocenters. The second-order valence-corrected chi connectivity index (χ2v) is 7.77. The molecule has 180 valence electrons. The van der Waals surface area contributed by atoms with Gasteiger partial charge in [0.2, 0.25) is 0 Å². The van der Waals surface area contributed by atoms with Crippen molar-refractivity contribution in [1.29, 1.82) is 0 Å². The summed E-state index contributed by atoms with van der Waals surface area (Å²) in [5.41, 5.74) is 1.73. The van der Waals surface area contributed by atoms with E-state index in [1.54, 1.807) is 24.3 Å². The first-order valence-corrected chi connectivity index (χ1v) is 10.8. The van der Waals surface area contributed by atoms with Crippen molar-refractivity contribution in [2.75, 3.05) is 14.2 Å². The lowest BCUT2D eigenvalue weighted by molar-refractivity contribution is -0.153. The van der Waals surface area contributed by atoms with E-state index in [4.69, 9.17) is 18.9 Å². The molecule has 2 aromatic rings. The van der Waals surface area contributed by atoms with Gasteiger partial charge in [-0.05, 0) is 48.9 Å². The van der Waals surface area contributed by atoms with E-state index >= 15 is 0 Å². The van der Waals surface area contributed by atoms with E-state index in [9.17, 15) is 19.8 Å². The highest BCUT2D eigenvalue weighted by Crippen LogP contribution is 2.28. The maximum atomic E-state index is 11.7. The van der Waals surface area contributed by atoms with Crippen LogP contribution in [0.4, 0.5) is 0 Å². The van der Waals surface area contributed by atoms with Gasteiger partial charge in [-0.25, -0.2) is 0 Å². The van der Waals surface area contributed by atoms with Gasteiger partial charge < -0.3 is 29.2 Å². The molecular weight excluding hydrogens is 428 g/mol. The predicted octanol–water partition coefficient (Wildman–Crippen LogP) is 3.93. The number of esters is 2. The van der Waals surface area contributed by atoms with Gasteiger partial charge in [0.1, 0.15) is 35.2 Å². The minimum Gasteiger partial charge on any atom is -0.508 e. The molecule has 0 fully saturated rings. The minimum absolute atomic E-state index is 0.103. The van der Waals surface area contributed by atoms with Crippen molar-refractivity contribution in [3.8, 4) is 23.0 Å². The summed E-state index contributed by atoms with van der Waals surface area (Å²) in [5.74, 6) is 0.470. The van der Waals surface area contributed by atoms with Crippen molar-refractivity contribution in [3.63, 3.8) is 0 Å². The molecule has 0 spiro atoms. The zero-order valence-electron chi connectivity index (χ0n) is 19.5. The lowest BCUT2D eigenvalue weighted by atomic mass is 9.98. The third-order valence-corrected chi connectivity index (χ3v) is 5.20. The van der Waals surface area contributed by atoms with Crippen LogP contribution in [0, 0.1) is 0 Å². The Morgan fingerprint density at radius 2 is 1.15 bits per heavy atom. The van der Waals surface area contributed by atoms with Gasteiger partial charge in [0.05, 0.1) is 14.2 Å². The summed E-state index contributed by atoms with van der Waals surface area (Å²) >= 11 is 0. The van der Waals surface area contributed by atoms with E-state index in [1.165, 1.54) is 40.2 Å². The van der Waals surface area contributed by atoms with Crippen molar-refractivity contribution in [2.45, 2.75) is 58.2 Å². The van der Waals surface area contributed by atoms with Crippen LogP contribution in [0.25, 0.3) is 0 Å². The number of hydrogen-bond acceptors (Lipinski definition) is 8. The highest BCUT2D eigenvalue weighted by Gasteiger charge is 2.23. The van der Waals surface area contributed by atoms with Crippen molar-refractivity contribution < 1.29 is 38.7 Å². The third kappa shape index (κ3) is 8.56. The largest absolute Gasteiger partial charge is 0.508 e. The van der Waals surface area contributed by atoms with Crippen LogP contribution in [0.3, 0.4) is 0 Å². The van der Waals surface area contributed by atoms with Crippen molar-refractivity contribution in [2.24, 2.45) is 0 Å². The molecule has 0 radical (unpaired) electrons. The Hall–Kier alpha value is -3.42. The summed E-state index contributed by atoms with van der Waals surface area (Å²) in [6, 6.07) is 9.74. The average molecular weight is 461 g/mol. The summed E-state index contributed by atoms with van der Waals surface area (Å²) in [6.07, 6.45) is 1.43. The van der Waals surface area contributed by atoms with Crippen LogP contribution in [-0.2, 0) is 31.9 Å². The Bertz CT molecular complexity index is 864. The number of phenols is 2. The fourth-order valence-electron chi connectivity index (χ4n) is 3.72. The first kappa shape index (κ1) is 25.8. The zero-order valence-corrected chi connectivity index (χ0v) is 19.5. The molecule has 33 heavy (non-hydrogen) atoms. The van der Waals surface area contributed by atoms with Crippen molar-refractivity contribution >= 4 is 11.9 Å². The fourth-order valence-corrected chi connectivity index (χ4v) is 3.72. The van der Waals surface area contributed by atoms with Gasteiger partial charge >= 0.3 is 11.9 Å². The minimum atomic E-state index is -0.480. The van der Waals surface area contributed by atoms with Crippen molar-refractivity contribution in [3.05, 3.63) is 47.5 Å². The van der Waals surface area contributed by atoms with Gasteiger partial charge in [-0.15, -0.1) is 0 Å². The molecular formula is C25H32O8. The summed E-state index contributed by atoms with van der Waals surface area (Å²) in [6.45, 7) is 2.69. The van der Waals surface area contributed by atoms with E-state index in [-0.39, 0.29) is 11.5 Å². The molecule has 2 aromatic carbocycles. The number of carbonyl (C=O) groups excluding carboxylic acids is 2. The highest BCUT2D eigenvalue weighted by molar-refractivity contribution is 5.66. The number of aromatic hydroxyl groups is 2. The molecule has 0 aromatic heterocycles. The average Bonchev–Trinajstić information content (AvgIpc) is 2.76. The molecule has 0 aliphatic rings. The van der Waals surface area contributed by atoms with E-state index < -0.39 is 24.1 Å². The third-order valence-electron chi connectivity index (χ3n) is 5.20. The number of benzene rings is 2. The van der Waals surface area contributed by atoms with Gasteiger partial charge in [-0.2, -0.15) is 0 Å². The number of hydrogen-bond donors (Lipinski definition) is 2. The van der Waals surface area contributed by atoms with Crippen LogP contribution < -0.4 is 9.47 Å². The predicted molar refractivity (Wildman–Crippen MR) is 122 cm³/mol. The molecule has 8 nitrogen and oxygen atoms in total. The number of aryl methyl sites for hydroxylation is 2. The zero-order chi connectivity index (χ0) is 24.4. The SMILES string of the molecule is COc1cc(O)ccc1CCC(CC(CCc1ccc(O)cc1OC)OC(C)=O)OC(C)=O. The summed E-state index contributed by atoms with van der Waals surface area (Å²) in [5, 5.41) is 19.3. The highest BCUT2D eigenvalue weighted by atomic mass is 16.6. The maximum Gasteiger partial charge on any atom is 0.302 e. The van der Waals surface area contributed by atoms with Gasteiger partial charge in [0.15, 0.2) is 0 Å². The van der Waals surface area contributed by atoms with Crippen LogP contribution >= 0.6 is 0 Å². The van der Waals surface area contributed by atoms with Gasteiger partial charge in [0.25, 0.3) is 0 Å². The maximum absolute atomic E-state index is 11.7. The smallest absolute Gasteiger partial charge is 0.302 e. The van der Waals surface area contributed by atoms with E-state index in [0.717, 1.165) is 11.1 Å². The fraction of sp³-hybridized carbons (Fsp3) is 0.440. The first-order valence-electron chi connectivity index (χ1n) is 10.8. The molecule has 8 heteroatoms. The Morgan fingerprint density at radius 1 is 0.758 bits per heavy atom. The Balaban J connectivity index is 2.11.